The number of hydrogen-bond acceptors (Lipinski definition) is 4. The van der Waals surface area contributed by atoms with Gasteiger partial charge in [0.05, 0.1) is 18.1 Å². The van der Waals surface area contributed by atoms with Gasteiger partial charge in [-0.15, -0.1) is 0 Å². The van der Waals surface area contributed by atoms with Crippen LogP contribution in [0.2, 0.25) is 0 Å². The van der Waals surface area contributed by atoms with Crippen molar-refractivity contribution in [3.05, 3.63) is 23.9 Å². The molecule has 0 bridgehead atoms. The Hall–Kier alpha value is -1.89. The van der Waals surface area contributed by atoms with Gasteiger partial charge < -0.3 is 4.90 Å². The zero-order valence-corrected chi connectivity index (χ0v) is 8.68. The SMILES string of the molecule is CCN(CCC#N)c1ncccc1C=O. The molecule has 0 saturated heterocycles. The largest absolute Gasteiger partial charge is 0.355 e. The first kappa shape index (κ1) is 11.2. The highest BCUT2D eigenvalue weighted by Crippen LogP contribution is 2.14. The zero-order chi connectivity index (χ0) is 11.1. The van der Waals surface area contributed by atoms with E-state index in [2.05, 4.69) is 11.1 Å². The van der Waals surface area contributed by atoms with Crippen molar-refractivity contribution in [1.29, 1.82) is 5.26 Å². The Labute approximate surface area is 89.2 Å². The number of rotatable bonds is 5. The second kappa shape index (κ2) is 5.76. The van der Waals surface area contributed by atoms with Crippen molar-refractivity contribution < 1.29 is 4.79 Å². The predicted octanol–water partition coefficient (Wildman–Crippen LogP) is 1.63. The van der Waals surface area contributed by atoms with Crippen LogP contribution in [0.5, 0.6) is 0 Å². The van der Waals surface area contributed by atoms with Crippen LogP contribution in [-0.4, -0.2) is 24.4 Å². The second-order valence-corrected chi connectivity index (χ2v) is 3.02. The third-order valence-electron chi connectivity index (χ3n) is 2.12. The normalized spacial score (nSPS) is 9.33. The van der Waals surface area contributed by atoms with Gasteiger partial charge in [-0.3, -0.25) is 4.79 Å². The molecule has 0 aromatic carbocycles. The fourth-order valence-electron chi connectivity index (χ4n) is 1.36. The van der Waals surface area contributed by atoms with Gasteiger partial charge in [0.2, 0.25) is 0 Å². The molecular weight excluding hydrogens is 190 g/mol. The minimum Gasteiger partial charge on any atom is -0.355 e. The molecule has 0 unspecified atom stereocenters. The van der Waals surface area contributed by atoms with Crippen LogP contribution in [0.15, 0.2) is 18.3 Å². The topological polar surface area (TPSA) is 57.0 Å². The maximum absolute atomic E-state index is 10.8. The Kier molecular flexibility index (Phi) is 4.30. The van der Waals surface area contributed by atoms with Crippen molar-refractivity contribution in [2.45, 2.75) is 13.3 Å². The molecule has 1 rings (SSSR count). The van der Waals surface area contributed by atoms with Gasteiger partial charge >= 0.3 is 0 Å². The second-order valence-electron chi connectivity index (χ2n) is 3.02. The zero-order valence-electron chi connectivity index (χ0n) is 8.68. The third-order valence-corrected chi connectivity index (χ3v) is 2.12. The summed E-state index contributed by atoms with van der Waals surface area (Å²) in [4.78, 5) is 16.9. The van der Waals surface area contributed by atoms with E-state index in [1.54, 1.807) is 18.3 Å². The summed E-state index contributed by atoms with van der Waals surface area (Å²) in [6.45, 7) is 3.31. The fraction of sp³-hybridized carbons (Fsp3) is 0.364. The molecule has 0 saturated carbocycles. The van der Waals surface area contributed by atoms with Gasteiger partial charge in [-0.05, 0) is 19.1 Å². The van der Waals surface area contributed by atoms with E-state index in [0.717, 1.165) is 12.8 Å². The summed E-state index contributed by atoms with van der Waals surface area (Å²) in [6.07, 6.45) is 2.87. The first-order valence-electron chi connectivity index (χ1n) is 4.85. The smallest absolute Gasteiger partial charge is 0.153 e. The van der Waals surface area contributed by atoms with Gasteiger partial charge in [0.25, 0.3) is 0 Å². The van der Waals surface area contributed by atoms with Crippen molar-refractivity contribution in [3.63, 3.8) is 0 Å². The van der Waals surface area contributed by atoms with E-state index in [1.165, 1.54) is 0 Å². The van der Waals surface area contributed by atoms with Crippen molar-refractivity contribution >= 4 is 12.1 Å². The predicted molar refractivity (Wildman–Crippen MR) is 57.7 cm³/mol. The van der Waals surface area contributed by atoms with Gasteiger partial charge in [-0.2, -0.15) is 5.26 Å². The molecule has 15 heavy (non-hydrogen) atoms. The fourth-order valence-corrected chi connectivity index (χ4v) is 1.36. The average molecular weight is 203 g/mol. The van der Waals surface area contributed by atoms with Crippen LogP contribution >= 0.6 is 0 Å². The van der Waals surface area contributed by atoms with Gasteiger partial charge in [0.1, 0.15) is 5.82 Å². The highest BCUT2D eigenvalue weighted by atomic mass is 16.1. The summed E-state index contributed by atoms with van der Waals surface area (Å²) in [5.41, 5.74) is 0.567. The molecule has 0 amide bonds. The van der Waals surface area contributed by atoms with E-state index < -0.39 is 0 Å². The van der Waals surface area contributed by atoms with Crippen LogP contribution in [0.25, 0.3) is 0 Å². The van der Waals surface area contributed by atoms with Crippen LogP contribution in [0.3, 0.4) is 0 Å². The van der Waals surface area contributed by atoms with Crippen molar-refractivity contribution in [1.82, 2.24) is 4.98 Å². The molecule has 0 aliphatic carbocycles. The van der Waals surface area contributed by atoms with Gasteiger partial charge in [0, 0.05) is 19.3 Å². The lowest BCUT2D eigenvalue weighted by Crippen LogP contribution is -2.25. The lowest BCUT2D eigenvalue weighted by atomic mass is 10.2. The number of aldehydes is 1. The van der Waals surface area contributed by atoms with E-state index in [4.69, 9.17) is 5.26 Å². The third kappa shape index (κ3) is 2.78. The van der Waals surface area contributed by atoms with E-state index >= 15 is 0 Å². The molecule has 0 radical (unpaired) electrons. The Balaban J connectivity index is 2.91. The molecule has 0 atom stereocenters. The van der Waals surface area contributed by atoms with E-state index in [-0.39, 0.29) is 0 Å². The van der Waals surface area contributed by atoms with Gasteiger partial charge in [-0.1, -0.05) is 0 Å². The molecule has 0 spiro atoms. The first-order valence-corrected chi connectivity index (χ1v) is 4.85. The summed E-state index contributed by atoms with van der Waals surface area (Å²) in [5, 5.41) is 8.52. The summed E-state index contributed by atoms with van der Waals surface area (Å²) in [7, 11) is 0. The Morgan fingerprint density at radius 3 is 3.07 bits per heavy atom. The van der Waals surface area contributed by atoms with Crippen LogP contribution in [0.4, 0.5) is 5.82 Å². The summed E-state index contributed by atoms with van der Waals surface area (Å²) in [6, 6.07) is 5.54. The standard InChI is InChI=1S/C11H13N3O/c1-2-14(8-4-6-12)11-10(9-15)5-3-7-13-11/h3,5,7,9H,2,4,8H2,1H3. The number of nitriles is 1. The minimum absolute atomic E-state index is 0.433. The quantitative estimate of drug-likeness (QED) is 0.682. The molecule has 1 aromatic heterocycles. The molecule has 4 nitrogen and oxygen atoms in total. The highest BCUT2D eigenvalue weighted by Gasteiger charge is 2.09. The number of pyridine rings is 1. The van der Waals surface area contributed by atoms with Gasteiger partial charge in [0.15, 0.2) is 6.29 Å². The summed E-state index contributed by atoms with van der Waals surface area (Å²) in [5.74, 6) is 0.658. The first-order chi connectivity index (χ1) is 7.33. The highest BCUT2D eigenvalue weighted by molar-refractivity contribution is 5.82. The minimum atomic E-state index is 0.433. The number of carbonyl (C=O) groups excluding carboxylic acids is 1. The van der Waals surface area contributed by atoms with E-state index in [1.807, 2.05) is 11.8 Å². The van der Waals surface area contributed by atoms with Crippen LogP contribution in [0, 0.1) is 11.3 Å². The monoisotopic (exact) mass is 203 g/mol. The maximum Gasteiger partial charge on any atom is 0.153 e. The molecule has 0 N–H and O–H groups in total. The molecule has 0 fully saturated rings. The molecule has 0 aliphatic rings. The van der Waals surface area contributed by atoms with Crippen molar-refractivity contribution in [2.75, 3.05) is 18.0 Å². The number of nitrogens with zero attached hydrogens (tertiary/aromatic N) is 3. The lowest BCUT2D eigenvalue weighted by molar-refractivity contribution is 0.112. The molecule has 0 aliphatic heterocycles. The molecule has 78 valence electrons. The van der Waals surface area contributed by atoms with E-state index in [0.29, 0.717) is 24.3 Å². The van der Waals surface area contributed by atoms with Crippen molar-refractivity contribution in [2.24, 2.45) is 0 Å². The number of carbonyl (C=O) groups is 1. The number of aromatic nitrogens is 1. The average Bonchev–Trinajstić information content (AvgIpc) is 2.30. The summed E-state index contributed by atoms with van der Waals surface area (Å²) < 4.78 is 0. The molecule has 1 aromatic rings. The summed E-state index contributed by atoms with van der Waals surface area (Å²) >= 11 is 0. The van der Waals surface area contributed by atoms with Crippen LogP contribution in [0.1, 0.15) is 23.7 Å². The van der Waals surface area contributed by atoms with Crippen LogP contribution in [-0.2, 0) is 0 Å². The molecule has 1 heterocycles. The molecular formula is C11H13N3O. The van der Waals surface area contributed by atoms with Crippen molar-refractivity contribution in [3.8, 4) is 6.07 Å². The van der Waals surface area contributed by atoms with E-state index in [9.17, 15) is 4.79 Å². The number of hydrogen-bond donors (Lipinski definition) is 0. The van der Waals surface area contributed by atoms with Gasteiger partial charge in [-0.25, -0.2) is 4.98 Å². The van der Waals surface area contributed by atoms with Crippen LogP contribution < -0.4 is 4.90 Å². The Morgan fingerprint density at radius 2 is 2.47 bits per heavy atom. The number of anilines is 1. The maximum atomic E-state index is 10.8. The molecule has 4 heteroatoms. The Morgan fingerprint density at radius 1 is 1.67 bits per heavy atom. The Bertz CT molecular complexity index is 370. The lowest BCUT2D eigenvalue weighted by Gasteiger charge is -2.21.